The molecule has 0 aromatic rings. The van der Waals surface area contributed by atoms with Gasteiger partial charge in [0.1, 0.15) is 18.3 Å². The van der Waals surface area contributed by atoms with Gasteiger partial charge in [0, 0.05) is 12.3 Å². The molecule has 5 heteroatoms. The Hall–Kier alpha value is -1.43. The highest BCUT2D eigenvalue weighted by molar-refractivity contribution is 5.66. The van der Waals surface area contributed by atoms with Crippen LogP contribution >= 0.6 is 0 Å². The van der Waals surface area contributed by atoms with Crippen molar-refractivity contribution < 1.29 is 24.5 Å². The molecule has 0 aromatic carbocycles. The van der Waals surface area contributed by atoms with E-state index >= 15 is 0 Å². The van der Waals surface area contributed by atoms with Crippen LogP contribution in [0.1, 0.15) is 92.4 Å². The molecule has 5 nitrogen and oxygen atoms in total. The number of aliphatic hydroxyl groups is 2. The Bertz CT molecular complexity index is 937. The molecule has 37 heavy (non-hydrogen) atoms. The molecule has 1 unspecified atom stereocenters. The predicted molar refractivity (Wildman–Crippen MR) is 147 cm³/mol. The van der Waals surface area contributed by atoms with Gasteiger partial charge in [-0.25, -0.2) is 0 Å². The lowest BCUT2D eigenvalue weighted by molar-refractivity contribution is -0.139. The third-order valence-corrected chi connectivity index (χ3v) is 11.4. The van der Waals surface area contributed by atoms with Crippen LogP contribution in [0.5, 0.6) is 0 Å². The quantitative estimate of drug-likeness (QED) is 0.261. The molecular weight excluding hydrogens is 464 g/mol. The van der Waals surface area contributed by atoms with Gasteiger partial charge in [-0.1, -0.05) is 66.2 Å². The normalized spacial score (nSPS) is 44.0. The van der Waals surface area contributed by atoms with Crippen molar-refractivity contribution in [2.75, 3.05) is 13.2 Å². The van der Waals surface area contributed by atoms with E-state index in [2.05, 4.69) is 46.9 Å². The third kappa shape index (κ3) is 4.89. The monoisotopic (exact) mass is 514 g/mol. The van der Waals surface area contributed by atoms with Crippen LogP contribution in [0, 0.1) is 34.5 Å². The van der Waals surface area contributed by atoms with Crippen LogP contribution in [-0.4, -0.2) is 47.2 Å². The van der Waals surface area contributed by atoms with Gasteiger partial charge in [0.25, 0.3) is 0 Å². The first-order valence-electron chi connectivity index (χ1n) is 14.6. The Labute approximate surface area is 224 Å². The fraction of sp³-hybridized carbons (Fsp3) is 0.781. The Balaban J connectivity index is 0.000000173. The van der Waals surface area contributed by atoms with Crippen molar-refractivity contribution in [1.29, 1.82) is 0 Å². The molecular formula is C32H50O5. The number of hydrogen-bond donors (Lipinski definition) is 2. The van der Waals surface area contributed by atoms with Crippen LogP contribution in [0.4, 0.5) is 0 Å². The average molecular weight is 515 g/mol. The molecule has 4 fully saturated rings. The minimum absolute atomic E-state index is 0.0497. The number of aliphatic hydroxyl groups excluding tert-OH is 2. The van der Waals surface area contributed by atoms with Crippen LogP contribution in [0.15, 0.2) is 36.0 Å². The van der Waals surface area contributed by atoms with E-state index < -0.39 is 11.7 Å². The molecule has 0 aromatic heterocycles. The SMILES string of the molecule is C=C(CO)[C@@]12O[C@@H]1[C@]1(C)[C@@H](CCC[C@H]1C)C[C@H]2O.C=C(COC(C)=O)C1=C[C@]2(C)C(CCC[C@H]2C)CC1. The molecule has 1 saturated heterocycles. The molecule has 5 rings (SSSR count). The summed E-state index contributed by atoms with van der Waals surface area (Å²) in [5, 5.41) is 19.8. The molecule has 2 N–H and O–H groups in total. The van der Waals surface area contributed by atoms with Gasteiger partial charge in [0.05, 0.1) is 12.7 Å². The first-order chi connectivity index (χ1) is 17.4. The van der Waals surface area contributed by atoms with Crippen molar-refractivity contribution in [3.8, 4) is 0 Å². The summed E-state index contributed by atoms with van der Waals surface area (Å²) in [4.78, 5) is 10.9. The lowest BCUT2D eigenvalue weighted by Crippen LogP contribution is -2.54. The Kier molecular flexibility index (Phi) is 8.20. The number of fused-ring (bicyclic) bond motifs is 4. The zero-order chi connectivity index (χ0) is 27.2. The Morgan fingerprint density at radius 1 is 1.08 bits per heavy atom. The summed E-state index contributed by atoms with van der Waals surface area (Å²) in [6.07, 6.45) is 12.9. The van der Waals surface area contributed by atoms with Crippen LogP contribution in [-0.2, 0) is 14.3 Å². The van der Waals surface area contributed by atoms with Crippen molar-refractivity contribution >= 4 is 5.97 Å². The summed E-state index contributed by atoms with van der Waals surface area (Å²) in [5.41, 5.74) is 2.74. The summed E-state index contributed by atoms with van der Waals surface area (Å²) < 4.78 is 11.0. The van der Waals surface area contributed by atoms with E-state index in [1.54, 1.807) is 0 Å². The molecule has 9 atom stereocenters. The number of epoxide rings is 1. The molecule has 0 amide bonds. The van der Waals surface area contributed by atoms with Gasteiger partial charge < -0.3 is 19.7 Å². The van der Waals surface area contributed by atoms with E-state index in [0.717, 1.165) is 30.3 Å². The molecule has 4 aliphatic carbocycles. The molecule has 0 bridgehead atoms. The van der Waals surface area contributed by atoms with Gasteiger partial charge in [-0.15, -0.1) is 0 Å². The van der Waals surface area contributed by atoms with E-state index in [9.17, 15) is 15.0 Å². The molecule has 1 aliphatic heterocycles. The van der Waals surface area contributed by atoms with Crippen LogP contribution in [0.2, 0.25) is 0 Å². The minimum atomic E-state index is -0.647. The van der Waals surface area contributed by atoms with Gasteiger partial charge in [0.15, 0.2) is 0 Å². The van der Waals surface area contributed by atoms with Crippen LogP contribution in [0.25, 0.3) is 0 Å². The summed E-state index contributed by atoms with van der Waals surface area (Å²) in [7, 11) is 0. The van der Waals surface area contributed by atoms with Gasteiger partial charge >= 0.3 is 5.97 Å². The van der Waals surface area contributed by atoms with E-state index in [0.29, 0.717) is 29.4 Å². The summed E-state index contributed by atoms with van der Waals surface area (Å²) in [6.45, 7) is 19.1. The fourth-order valence-corrected chi connectivity index (χ4v) is 8.36. The zero-order valence-electron chi connectivity index (χ0n) is 23.9. The maximum Gasteiger partial charge on any atom is 0.302 e. The molecule has 3 saturated carbocycles. The predicted octanol–water partition coefficient (Wildman–Crippen LogP) is 6.15. The second-order valence-corrected chi connectivity index (χ2v) is 13.2. The van der Waals surface area contributed by atoms with E-state index in [1.165, 1.54) is 57.4 Å². The number of hydrogen-bond acceptors (Lipinski definition) is 5. The largest absolute Gasteiger partial charge is 0.461 e. The van der Waals surface area contributed by atoms with Crippen molar-refractivity contribution in [3.63, 3.8) is 0 Å². The highest BCUT2D eigenvalue weighted by Gasteiger charge is 2.74. The highest BCUT2D eigenvalue weighted by atomic mass is 16.6. The van der Waals surface area contributed by atoms with Crippen LogP contribution < -0.4 is 0 Å². The maximum absolute atomic E-state index is 10.9. The number of carbonyl (C=O) groups excluding carboxylic acids is 1. The maximum atomic E-state index is 10.9. The lowest BCUT2D eigenvalue weighted by atomic mass is 9.53. The first kappa shape index (κ1) is 28.6. The van der Waals surface area contributed by atoms with Crippen LogP contribution in [0.3, 0.4) is 0 Å². The third-order valence-electron chi connectivity index (χ3n) is 11.4. The second kappa shape index (κ2) is 10.6. The average Bonchev–Trinajstić information content (AvgIpc) is 3.64. The molecule has 1 heterocycles. The fourth-order valence-electron chi connectivity index (χ4n) is 8.36. The number of rotatable bonds is 5. The standard InChI is InChI=1S/C17H26O2.C15H24O3/c1-12(11-19-14(3)18)15-8-9-16-7-5-6-13(2)17(16,4)10-15;1-9-5-4-6-11-7-12(17)15(10(2)8-16)13(18-15)14(9,11)3/h10,13,16H,1,5-9,11H2,2-4H3;9,11-13,16-17H,2,4-8H2,1,3H3/t13-,16?,17+;9-,11+,12-,13-,14+,15+/m11/s1. The first-order valence-corrected chi connectivity index (χ1v) is 14.6. The van der Waals surface area contributed by atoms with Gasteiger partial charge in [-0.2, -0.15) is 0 Å². The second-order valence-electron chi connectivity index (χ2n) is 13.2. The molecule has 208 valence electrons. The van der Waals surface area contributed by atoms with Crippen molar-refractivity contribution in [2.45, 2.75) is 110 Å². The number of allylic oxidation sites excluding steroid dienone is 1. The topological polar surface area (TPSA) is 79.3 Å². The smallest absolute Gasteiger partial charge is 0.302 e. The van der Waals surface area contributed by atoms with E-state index in [-0.39, 0.29) is 24.1 Å². The van der Waals surface area contributed by atoms with Gasteiger partial charge in [-0.3, -0.25) is 4.79 Å². The van der Waals surface area contributed by atoms with Crippen molar-refractivity contribution in [2.24, 2.45) is 34.5 Å². The summed E-state index contributed by atoms with van der Waals surface area (Å²) in [5.74, 6) is 2.49. The van der Waals surface area contributed by atoms with Gasteiger partial charge in [-0.05, 0) is 84.3 Å². The Morgan fingerprint density at radius 3 is 2.38 bits per heavy atom. The van der Waals surface area contributed by atoms with E-state index in [1.807, 2.05) is 0 Å². The number of esters is 1. The molecule has 0 spiro atoms. The van der Waals surface area contributed by atoms with Gasteiger partial charge in [0.2, 0.25) is 0 Å². The summed E-state index contributed by atoms with van der Waals surface area (Å²) in [6, 6.07) is 0. The number of ether oxygens (including phenoxy) is 2. The molecule has 5 aliphatic rings. The molecule has 0 radical (unpaired) electrons. The van der Waals surface area contributed by atoms with E-state index in [4.69, 9.17) is 9.47 Å². The zero-order valence-corrected chi connectivity index (χ0v) is 23.9. The minimum Gasteiger partial charge on any atom is -0.461 e. The van der Waals surface area contributed by atoms with Crippen molar-refractivity contribution in [3.05, 3.63) is 36.0 Å². The lowest BCUT2D eigenvalue weighted by Gasteiger charge is -2.50. The number of carbonyl (C=O) groups is 1. The summed E-state index contributed by atoms with van der Waals surface area (Å²) >= 11 is 0. The Morgan fingerprint density at radius 2 is 1.73 bits per heavy atom. The van der Waals surface area contributed by atoms with Crippen molar-refractivity contribution in [1.82, 2.24) is 0 Å². The highest BCUT2D eigenvalue weighted by Crippen LogP contribution is 2.66.